The van der Waals surface area contributed by atoms with Crippen LogP contribution in [0.25, 0.3) is 10.1 Å². The number of piperidine rings is 1. The molecule has 0 radical (unpaired) electrons. The summed E-state index contributed by atoms with van der Waals surface area (Å²) in [5.74, 6) is -0.238. The second-order valence-electron chi connectivity index (χ2n) is 8.33. The molecule has 0 atom stereocenters. The number of nitrogens with one attached hydrogen (secondary N) is 1. The van der Waals surface area contributed by atoms with Gasteiger partial charge < -0.3 is 15.0 Å². The third-order valence-corrected chi connectivity index (χ3v) is 6.89. The Hall–Kier alpha value is -2.58. The van der Waals surface area contributed by atoms with Crippen molar-refractivity contribution in [2.45, 2.75) is 45.0 Å². The number of benzene rings is 2. The van der Waals surface area contributed by atoms with Gasteiger partial charge in [0, 0.05) is 22.0 Å². The number of anilines is 1. The van der Waals surface area contributed by atoms with Crippen LogP contribution in [0.3, 0.4) is 0 Å². The molecule has 4 rings (SSSR count). The number of amides is 1. The van der Waals surface area contributed by atoms with Gasteiger partial charge in [0.25, 0.3) is 5.91 Å². The Morgan fingerprint density at radius 2 is 1.81 bits per heavy atom. The predicted molar refractivity (Wildman–Crippen MR) is 122 cm³/mol. The molecule has 2 heterocycles. The number of thiophene rings is 1. The van der Waals surface area contributed by atoms with Crippen LogP contribution in [0.1, 0.15) is 48.5 Å². The summed E-state index contributed by atoms with van der Waals surface area (Å²) in [6.07, 6.45) is -2.53. The van der Waals surface area contributed by atoms with Crippen molar-refractivity contribution in [1.29, 1.82) is 0 Å². The monoisotopic (exact) mass is 462 g/mol. The Morgan fingerprint density at radius 3 is 2.44 bits per heavy atom. The quantitative estimate of drug-likeness (QED) is 0.462. The van der Waals surface area contributed by atoms with Crippen molar-refractivity contribution in [1.82, 2.24) is 4.90 Å². The van der Waals surface area contributed by atoms with Crippen molar-refractivity contribution >= 4 is 33.0 Å². The first-order valence-electron chi connectivity index (χ1n) is 10.6. The van der Waals surface area contributed by atoms with Crippen LogP contribution >= 0.6 is 11.3 Å². The van der Waals surface area contributed by atoms with Crippen molar-refractivity contribution in [2.24, 2.45) is 0 Å². The van der Waals surface area contributed by atoms with Gasteiger partial charge >= 0.3 is 6.36 Å². The Bertz CT molecular complexity index is 1080. The van der Waals surface area contributed by atoms with Gasteiger partial charge in [-0.25, -0.2) is 0 Å². The third-order valence-electron chi connectivity index (χ3n) is 5.91. The molecule has 0 bridgehead atoms. The number of hydrogen-bond donors (Lipinski definition) is 1. The minimum absolute atomic E-state index is 0.256. The molecule has 170 valence electrons. The summed E-state index contributed by atoms with van der Waals surface area (Å²) >= 11 is 1.71. The highest BCUT2D eigenvalue weighted by atomic mass is 32.1. The van der Waals surface area contributed by atoms with E-state index in [1.54, 1.807) is 11.3 Å². The molecule has 1 aliphatic rings. The molecule has 1 saturated heterocycles. The Balaban J connectivity index is 1.47. The lowest BCUT2D eigenvalue weighted by Gasteiger charge is -2.34. The van der Waals surface area contributed by atoms with Gasteiger partial charge in [-0.15, -0.1) is 24.5 Å². The molecule has 1 aromatic heterocycles. The summed E-state index contributed by atoms with van der Waals surface area (Å²) in [7, 11) is 0. The van der Waals surface area contributed by atoms with Crippen LogP contribution in [0.5, 0.6) is 5.75 Å². The molecule has 0 saturated carbocycles. The average Bonchev–Trinajstić information content (AvgIpc) is 3.16. The highest BCUT2D eigenvalue weighted by Crippen LogP contribution is 2.38. The fourth-order valence-electron chi connectivity index (χ4n) is 4.18. The molecule has 0 unspecified atom stereocenters. The zero-order chi connectivity index (χ0) is 22.9. The number of carbonyl (C=O) groups is 1. The minimum Gasteiger partial charge on any atom is -0.406 e. The molecule has 8 heteroatoms. The zero-order valence-electron chi connectivity index (χ0n) is 17.9. The summed E-state index contributed by atoms with van der Waals surface area (Å²) in [4.78, 5) is 15.1. The van der Waals surface area contributed by atoms with E-state index in [0.717, 1.165) is 43.5 Å². The van der Waals surface area contributed by atoms with Gasteiger partial charge in [-0.2, -0.15) is 0 Å². The number of carbonyl (C=O) groups excluding carboxylic acids is 1. The highest BCUT2D eigenvalue weighted by Gasteiger charge is 2.31. The molecule has 1 fully saturated rings. The second kappa shape index (κ2) is 9.11. The summed E-state index contributed by atoms with van der Waals surface area (Å²) in [6, 6.07) is 11.3. The number of halogens is 3. The molecule has 32 heavy (non-hydrogen) atoms. The molecular formula is C24H25F3N2O2S. The van der Waals surface area contributed by atoms with Crippen molar-refractivity contribution < 1.29 is 22.7 Å². The maximum absolute atomic E-state index is 12.6. The SMILES string of the molecule is CC(C)N1CCC(c2csc3ccc(NC(=O)c4ccc(OC(F)(F)F)cc4)cc23)CC1. The van der Waals surface area contributed by atoms with E-state index in [1.807, 2.05) is 18.2 Å². The van der Waals surface area contributed by atoms with E-state index in [2.05, 4.69) is 34.2 Å². The Kier molecular flexibility index (Phi) is 6.44. The molecular weight excluding hydrogens is 437 g/mol. The normalized spacial score (nSPS) is 15.9. The van der Waals surface area contributed by atoms with Gasteiger partial charge in [0.1, 0.15) is 5.75 Å². The number of likely N-dealkylation sites (tertiary alicyclic amines) is 1. The fraction of sp³-hybridized carbons (Fsp3) is 0.375. The van der Waals surface area contributed by atoms with E-state index in [1.165, 1.54) is 22.4 Å². The smallest absolute Gasteiger partial charge is 0.406 e. The minimum atomic E-state index is -4.76. The van der Waals surface area contributed by atoms with E-state index >= 15 is 0 Å². The Morgan fingerprint density at radius 1 is 1.12 bits per heavy atom. The van der Waals surface area contributed by atoms with Crippen LogP contribution in [-0.2, 0) is 0 Å². The molecule has 0 aliphatic carbocycles. The van der Waals surface area contributed by atoms with Crippen LogP contribution in [0.2, 0.25) is 0 Å². The van der Waals surface area contributed by atoms with Crippen LogP contribution in [0.15, 0.2) is 47.8 Å². The molecule has 4 nitrogen and oxygen atoms in total. The lowest BCUT2D eigenvalue weighted by Crippen LogP contribution is -2.37. The summed E-state index contributed by atoms with van der Waals surface area (Å²) < 4.78 is 42.0. The fourth-order valence-corrected chi connectivity index (χ4v) is 5.20. The van der Waals surface area contributed by atoms with Gasteiger partial charge in [-0.1, -0.05) is 0 Å². The first-order valence-corrected chi connectivity index (χ1v) is 11.5. The largest absolute Gasteiger partial charge is 0.573 e. The first kappa shape index (κ1) is 22.6. The molecule has 1 amide bonds. The number of ether oxygens (including phenoxy) is 1. The maximum Gasteiger partial charge on any atom is 0.573 e. The Labute approximate surface area is 189 Å². The van der Waals surface area contributed by atoms with Crippen molar-refractivity contribution in [2.75, 3.05) is 18.4 Å². The summed E-state index contributed by atoms with van der Waals surface area (Å²) in [5.41, 5.74) is 2.25. The van der Waals surface area contributed by atoms with Gasteiger partial charge in [0.05, 0.1) is 0 Å². The number of alkyl halides is 3. The number of fused-ring (bicyclic) bond motifs is 1. The number of hydrogen-bond acceptors (Lipinski definition) is 4. The van der Waals surface area contributed by atoms with Crippen molar-refractivity contribution in [3.05, 3.63) is 59.0 Å². The van der Waals surface area contributed by atoms with Gasteiger partial charge in [0.15, 0.2) is 0 Å². The zero-order valence-corrected chi connectivity index (χ0v) is 18.7. The van der Waals surface area contributed by atoms with Gasteiger partial charge in [-0.05, 0) is 104 Å². The van der Waals surface area contributed by atoms with E-state index in [9.17, 15) is 18.0 Å². The van der Waals surface area contributed by atoms with Crippen LogP contribution < -0.4 is 10.1 Å². The predicted octanol–water partition coefficient (Wildman–Crippen LogP) is 6.64. The standard InChI is InChI=1S/C24H25F3N2O2S/c1-15(2)29-11-9-16(10-12-29)21-14-32-22-8-5-18(13-20(21)22)28-23(30)17-3-6-19(7-4-17)31-24(25,26)27/h3-8,13-16H,9-12H2,1-2H3,(H,28,30). The number of nitrogens with zero attached hydrogens (tertiary/aromatic N) is 1. The third kappa shape index (κ3) is 5.24. The topological polar surface area (TPSA) is 41.6 Å². The van der Waals surface area contributed by atoms with E-state index < -0.39 is 6.36 Å². The highest BCUT2D eigenvalue weighted by molar-refractivity contribution is 7.17. The van der Waals surface area contributed by atoms with E-state index in [0.29, 0.717) is 17.6 Å². The first-order chi connectivity index (χ1) is 15.2. The molecule has 1 aliphatic heterocycles. The van der Waals surface area contributed by atoms with E-state index in [-0.39, 0.29) is 17.2 Å². The second-order valence-corrected chi connectivity index (χ2v) is 9.24. The van der Waals surface area contributed by atoms with Crippen LogP contribution in [0.4, 0.5) is 18.9 Å². The number of rotatable bonds is 5. The summed E-state index contributed by atoms with van der Waals surface area (Å²) in [6.45, 7) is 6.63. The molecule has 3 aromatic rings. The molecule has 1 N–H and O–H groups in total. The average molecular weight is 463 g/mol. The lowest BCUT2D eigenvalue weighted by atomic mass is 9.88. The molecule has 2 aromatic carbocycles. The van der Waals surface area contributed by atoms with Crippen molar-refractivity contribution in [3.8, 4) is 5.75 Å². The van der Waals surface area contributed by atoms with Crippen LogP contribution in [0, 0.1) is 0 Å². The van der Waals surface area contributed by atoms with Gasteiger partial charge in [-0.3, -0.25) is 4.79 Å². The maximum atomic E-state index is 12.6. The lowest BCUT2D eigenvalue weighted by molar-refractivity contribution is -0.274. The van der Waals surface area contributed by atoms with E-state index in [4.69, 9.17) is 0 Å². The van der Waals surface area contributed by atoms with Crippen LogP contribution in [-0.4, -0.2) is 36.3 Å². The van der Waals surface area contributed by atoms with Gasteiger partial charge in [0.2, 0.25) is 0 Å². The van der Waals surface area contributed by atoms with Crippen molar-refractivity contribution in [3.63, 3.8) is 0 Å². The molecule has 0 spiro atoms. The summed E-state index contributed by atoms with van der Waals surface area (Å²) in [5, 5.41) is 6.24.